The molecule has 1 fully saturated rings. The molecule has 0 aromatic rings. The lowest BCUT2D eigenvalue weighted by molar-refractivity contribution is -0.116. The van der Waals surface area contributed by atoms with Crippen LogP contribution in [0.3, 0.4) is 0 Å². The lowest BCUT2D eigenvalue weighted by atomic mass is 10.0. The molecule has 0 amide bonds. The molecule has 4 atom stereocenters. The number of hydrogen-bond donors (Lipinski definition) is 3. The van der Waals surface area contributed by atoms with Crippen molar-refractivity contribution in [1.82, 2.24) is 0 Å². The zero-order chi connectivity index (χ0) is 7.72. The first-order valence-corrected chi connectivity index (χ1v) is 3.29. The Morgan fingerprint density at radius 3 is 2.20 bits per heavy atom. The van der Waals surface area contributed by atoms with Gasteiger partial charge in [-0.05, 0) is 0 Å². The Morgan fingerprint density at radius 1 is 1.40 bits per heavy atom. The van der Waals surface area contributed by atoms with Crippen molar-refractivity contribution >= 4 is 0 Å². The van der Waals surface area contributed by atoms with E-state index in [1.165, 1.54) is 0 Å². The fourth-order valence-corrected chi connectivity index (χ4v) is 1.04. The SMILES string of the molecule is C[C@H]1[C@H](O)[C@@H](CO)O[C@@H]1O. The summed E-state index contributed by atoms with van der Waals surface area (Å²) in [6, 6.07) is 0. The smallest absolute Gasteiger partial charge is 0.160 e. The van der Waals surface area contributed by atoms with Gasteiger partial charge in [0.15, 0.2) is 6.29 Å². The van der Waals surface area contributed by atoms with E-state index in [4.69, 9.17) is 14.9 Å². The van der Waals surface area contributed by atoms with Crippen molar-refractivity contribution in [3.63, 3.8) is 0 Å². The third-order valence-corrected chi connectivity index (χ3v) is 1.86. The van der Waals surface area contributed by atoms with Gasteiger partial charge in [0.1, 0.15) is 6.10 Å². The Morgan fingerprint density at radius 2 is 2.00 bits per heavy atom. The molecular formula is C6H12O4. The van der Waals surface area contributed by atoms with Crippen molar-refractivity contribution in [3.05, 3.63) is 0 Å². The van der Waals surface area contributed by atoms with Crippen molar-refractivity contribution in [2.24, 2.45) is 5.92 Å². The Kier molecular flexibility index (Phi) is 2.25. The molecular weight excluding hydrogens is 136 g/mol. The molecule has 0 spiro atoms. The van der Waals surface area contributed by atoms with Gasteiger partial charge in [0, 0.05) is 5.92 Å². The molecule has 0 bridgehead atoms. The number of rotatable bonds is 1. The number of aliphatic hydroxyl groups is 3. The van der Waals surface area contributed by atoms with Crippen LogP contribution in [0.5, 0.6) is 0 Å². The summed E-state index contributed by atoms with van der Waals surface area (Å²) >= 11 is 0. The first kappa shape index (κ1) is 7.94. The van der Waals surface area contributed by atoms with Gasteiger partial charge in [-0.15, -0.1) is 0 Å². The molecule has 0 aromatic carbocycles. The highest BCUT2D eigenvalue weighted by atomic mass is 16.6. The summed E-state index contributed by atoms with van der Waals surface area (Å²) in [6.07, 6.45) is -2.31. The van der Waals surface area contributed by atoms with Crippen molar-refractivity contribution < 1.29 is 20.1 Å². The molecule has 0 aromatic heterocycles. The van der Waals surface area contributed by atoms with Crippen LogP contribution in [0.15, 0.2) is 0 Å². The minimum absolute atomic E-state index is 0.247. The standard InChI is InChI=1S/C6H12O4/c1-3-5(8)4(2-7)10-6(3)9/h3-9H,2H2,1H3/t3-,4+,5-,6-/m0/s1. The minimum Gasteiger partial charge on any atom is -0.394 e. The van der Waals surface area contributed by atoms with E-state index in [9.17, 15) is 5.11 Å². The van der Waals surface area contributed by atoms with Crippen LogP contribution < -0.4 is 0 Å². The second-order valence-electron chi connectivity index (χ2n) is 2.60. The van der Waals surface area contributed by atoms with Gasteiger partial charge in [0.2, 0.25) is 0 Å². The molecule has 1 saturated heterocycles. The quantitative estimate of drug-likeness (QED) is 0.432. The van der Waals surface area contributed by atoms with E-state index >= 15 is 0 Å². The van der Waals surface area contributed by atoms with Gasteiger partial charge in [-0.3, -0.25) is 0 Å². The second kappa shape index (κ2) is 2.84. The Hall–Kier alpha value is -0.160. The largest absolute Gasteiger partial charge is 0.394 e. The topological polar surface area (TPSA) is 69.9 Å². The minimum atomic E-state index is -0.938. The van der Waals surface area contributed by atoms with Gasteiger partial charge in [-0.2, -0.15) is 0 Å². The molecule has 10 heavy (non-hydrogen) atoms. The van der Waals surface area contributed by atoms with Gasteiger partial charge in [-0.25, -0.2) is 0 Å². The predicted octanol–water partition coefficient (Wildman–Crippen LogP) is -1.31. The molecule has 3 N–H and O–H groups in total. The average Bonchev–Trinajstić information content (AvgIpc) is 2.17. The zero-order valence-electron chi connectivity index (χ0n) is 5.77. The van der Waals surface area contributed by atoms with Gasteiger partial charge >= 0.3 is 0 Å². The maximum absolute atomic E-state index is 9.18. The van der Waals surface area contributed by atoms with Crippen LogP contribution in [-0.2, 0) is 4.74 Å². The van der Waals surface area contributed by atoms with Gasteiger partial charge in [-0.1, -0.05) is 6.92 Å². The van der Waals surface area contributed by atoms with E-state index in [1.807, 2.05) is 0 Å². The van der Waals surface area contributed by atoms with E-state index in [0.29, 0.717) is 0 Å². The highest BCUT2D eigenvalue weighted by Gasteiger charge is 2.39. The molecule has 0 radical (unpaired) electrons. The molecule has 0 aliphatic carbocycles. The third kappa shape index (κ3) is 1.15. The lowest BCUT2D eigenvalue weighted by Gasteiger charge is -2.10. The molecule has 0 unspecified atom stereocenters. The maximum Gasteiger partial charge on any atom is 0.160 e. The van der Waals surface area contributed by atoms with E-state index < -0.39 is 18.5 Å². The Labute approximate surface area is 59.1 Å². The fraction of sp³-hybridized carbons (Fsp3) is 1.00. The van der Waals surface area contributed by atoms with E-state index in [1.54, 1.807) is 6.92 Å². The van der Waals surface area contributed by atoms with Crippen LogP contribution in [0.25, 0.3) is 0 Å². The zero-order valence-corrected chi connectivity index (χ0v) is 5.77. The third-order valence-electron chi connectivity index (χ3n) is 1.86. The summed E-state index contributed by atoms with van der Waals surface area (Å²) in [4.78, 5) is 0. The lowest BCUT2D eigenvalue weighted by Crippen LogP contribution is -2.28. The first-order valence-electron chi connectivity index (χ1n) is 3.29. The predicted molar refractivity (Wildman–Crippen MR) is 33.1 cm³/mol. The monoisotopic (exact) mass is 148 g/mol. The van der Waals surface area contributed by atoms with Crippen LogP contribution in [0.1, 0.15) is 6.92 Å². The fourth-order valence-electron chi connectivity index (χ4n) is 1.04. The summed E-state index contributed by atoms with van der Waals surface area (Å²) < 4.78 is 4.79. The second-order valence-corrected chi connectivity index (χ2v) is 2.60. The molecule has 1 rings (SSSR count). The van der Waals surface area contributed by atoms with Crippen molar-refractivity contribution in [2.45, 2.75) is 25.4 Å². The average molecular weight is 148 g/mol. The molecule has 60 valence electrons. The maximum atomic E-state index is 9.18. The highest BCUT2D eigenvalue weighted by Crippen LogP contribution is 2.24. The summed E-state index contributed by atoms with van der Waals surface area (Å²) in [5.74, 6) is -0.308. The van der Waals surface area contributed by atoms with E-state index in [2.05, 4.69) is 0 Å². The molecule has 1 aliphatic heterocycles. The van der Waals surface area contributed by atoms with Crippen LogP contribution in [0.2, 0.25) is 0 Å². The summed E-state index contributed by atoms with van der Waals surface area (Å²) in [5, 5.41) is 26.7. The molecule has 4 nitrogen and oxygen atoms in total. The van der Waals surface area contributed by atoms with E-state index in [-0.39, 0.29) is 12.5 Å². The van der Waals surface area contributed by atoms with Gasteiger partial charge in [0.05, 0.1) is 12.7 Å². The summed E-state index contributed by atoms with van der Waals surface area (Å²) in [7, 11) is 0. The van der Waals surface area contributed by atoms with Crippen LogP contribution in [0, 0.1) is 5.92 Å². The highest BCUT2D eigenvalue weighted by molar-refractivity contribution is 4.82. The molecule has 1 heterocycles. The molecule has 0 saturated carbocycles. The number of ether oxygens (including phenoxy) is 1. The normalized spacial score (nSPS) is 48.0. The first-order chi connectivity index (χ1) is 4.66. The van der Waals surface area contributed by atoms with Gasteiger partial charge < -0.3 is 20.1 Å². The molecule has 4 heteroatoms. The Bertz CT molecular complexity index is 116. The van der Waals surface area contributed by atoms with Crippen LogP contribution in [0.4, 0.5) is 0 Å². The summed E-state index contributed by atoms with van der Waals surface area (Å²) in [5.41, 5.74) is 0. The van der Waals surface area contributed by atoms with Crippen LogP contribution >= 0.6 is 0 Å². The van der Waals surface area contributed by atoms with Crippen molar-refractivity contribution in [3.8, 4) is 0 Å². The van der Waals surface area contributed by atoms with E-state index in [0.717, 1.165) is 0 Å². The molecule has 1 aliphatic rings. The van der Waals surface area contributed by atoms with Crippen LogP contribution in [-0.4, -0.2) is 40.4 Å². The van der Waals surface area contributed by atoms with Crippen molar-refractivity contribution in [1.29, 1.82) is 0 Å². The van der Waals surface area contributed by atoms with Crippen molar-refractivity contribution in [2.75, 3.05) is 6.61 Å². The van der Waals surface area contributed by atoms with Gasteiger partial charge in [0.25, 0.3) is 0 Å². The Balaban J connectivity index is 2.53. The number of hydrogen-bond acceptors (Lipinski definition) is 4. The number of aliphatic hydroxyl groups excluding tert-OH is 3. The summed E-state index contributed by atoms with van der Waals surface area (Å²) in [6.45, 7) is 1.42.